The lowest BCUT2D eigenvalue weighted by Crippen LogP contribution is -2.34. The molecule has 0 fully saturated rings. The molecule has 0 heterocycles. The molecule has 0 aliphatic heterocycles. The minimum Gasteiger partial charge on any atom is -0.390 e. The Hall–Kier alpha value is -1.06. The van der Waals surface area contributed by atoms with Crippen LogP contribution in [0.1, 0.15) is 17.2 Å². The smallest absolute Gasteiger partial charge is 0.235 e. The van der Waals surface area contributed by atoms with Crippen molar-refractivity contribution < 1.29 is 9.90 Å². The molecule has 0 saturated heterocycles. The van der Waals surface area contributed by atoms with Crippen LogP contribution >= 0.6 is 11.6 Å². The standard InChI is InChI=1S/C11H12ClNO2/c12-6-10(15)13-11-8-4-2-1-3-7(8)5-9(11)14/h1-4,9,11,14H,5-6H2,(H,13,15). The van der Waals surface area contributed by atoms with Crippen LogP contribution < -0.4 is 5.32 Å². The zero-order chi connectivity index (χ0) is 10.8. The van der Waals surface area contributed by atoms with E-state index < -0.39 is 6.10 Å². The molecule has 1 aliphatic rings. The monoisotopic (exact) mass is 225 g/mol. The summed E-state index contributed by atoms with van der Waals surface area (Å²) < 4.78 is 0. The maximum atomic E-state index is 11.2. The second-order valence-electron chi connectivity index (χ2n) is 3.65. The summed E-state index contributed by atoms with van der Waals surface area (Å²) in [5.41, 5.74) is 2.08. The predicted molar refractivity (Wildman–Crippen MR) is 57.8 cm³/mol. The number of nitrogens with one attached hydrogen (secondary N) is 1. The normalized spacial score (nSPS) is 23.6. The van der Waals surface area contributed by atoms with E-state index in [0.29, 0.717) is 6.42 Å². The van der Waals surface area contributed by atoms with Gasteiger partial charge in [-0.1, -0.05) is 24.3 Å². The largest absolute Gasteiger partial charge is 0.390 e. The van der Waals surface area contributed by atoms with Crippen LogP contribution in [0.15, 0.2) is 24.3 Å². The topological polar surface area (TPSA) is 49.3 Å². The van der Waals surface area contributed by atoms with Crippen molar-refractivity contribution >= 4 is 17.5 Å². The molecule has 2 N–H and O–H groups in total. The first-order valence-corrected chi connectivity index (χ1v) is 5.37. The van der Waals surface area contributed by atoms with Crippen molar-refractivity contribution in [2.24, 2.45) is 0 Å². The molecule has 80 valence electrons. The van der Waals surface area contributed by atoms with Crippen LogP contribution in [0.4, 0.5) is 0 Å². The summed E-state index contributed by atoms with van der Waals surface area (Å²) in [6.45, 7) is 0. The first-order chi connectivity index (χ1) is 7.22. The first-order valence-electron chi connectivity index (χ1n) is 4.83. The Bertz CT molecular complexity index is 381. The van der Waals surface area contributed by atoms with E-state index in [-0.39, 0.29) is 17.8 Å². The fourth-order valence-corrected chi connectivity index (χ4v) is 2.04. The van der Waals surface area contributed by atoms with E-state index in [1.165, 1.54) is 0 Å². The molecule has 0 bridgehead atoms. The van der Waals surface area contributed by atoms with Crippen molar-refractivity contribution in [2.75, 3.05) is 5.88 Å². The average molecular weight is 226 g/mol. The van der Waals surface area contributed by atoms with E-state index in [2.05, 4.69) is 5.32 Å². The second-order valence-corrected chi connectivity index (χ2v) is 3.92. The number of carbonyl (C=O) groups is 1. The number of alkyl halides is 1. The molecular weight excluding hydrogens is 214 g/mol. The van der Waals surface area contributed by atoms with Crippen LogP contribution in [0, 0.1) is 0 Å². The summed E-state index contributed by atoms with van der Waals surface area (Å²) in [4.78, 5) is 11.2. The van der Waals surface area contributed by atoms with Crippen LogP contribution in [-0.2, 0) is 11.2 Å². The Morgan fingerprint density at radius 3 is 3.00 bits per heavy atom. The summed E-state index contributed by atoms with van der Waals surface area (Å²) >= 11 is 5.41. The fourth-order valence-electron chi connectivity index (χ4n) is 1.96. The van der Waals surface area contributed by atoms with Gasteiger partial charge in [-0.15, -0.1) is 11.6 Å². The maximum absolute atomic E-state index is 11.2. The molecular formula is C11H12ClNO2. The molecule has 15 heavy (non-hydrogen) atoms. The summed E-state index contributed by atoms with van der Waals surface area (Å²) in [6.07, 6.45) is 0.0400. The zero-order valence-electron chi connectivity index (χ0n) is 8.11. The lowest BCUT2D eigenvalue weighted by molar-refractivity contribution is -0.120. The molecule has 1 aliphatic carbocycles. The summed E-state index contributed by atoms with van der Waals surface area (Å²) in [5.74, 6) is -0.330. The van der Waals surface area contributed by atoms with E-state index in [0.717, 1.165) is 11.1 Å². The average Bonchev–Trinajstić information content (AvgIpc) is 2.55. The molecule has 1 amide bonds. The Kier molecular flexibility index (Phi) is 2.93. The second kappa shape index (κ2) is 4.21. The van der Waals surface area contributed by atoms with Gasteiger partial charge in [0.2, 0.25) is 5.91 Å². The SMILES string of the molecule is O=C(CCl)NC1c2ccccc2CC1O. The van der Waals surface area contributed by atoms with Crippen LogP contribution in [0.25, 0.3) is 0 Å². The number of rotatable bonds is 2. The molecule has 2 atom stereocenters. The predicted octanol–water partition coefficient (Wildman–Crippen LogP) is 1.000. The van der Waals surface area contributed by atoms with Crippen LogP contribution in [-0.4, -0.2) is 23.0 Å². The van der Waals surface area contributed by atoms with Crippen LogP contribution in [0.2, 0.25) is 0 Å². The van der Waals surface area contributed by atoms with Gasteiger partial charge in [0, 0.05) is 6.42 Å². The Balaban J connectivity index is 2.22. The summed E-state index contributed by atoms with van der Waals surface area (Å²) in [5, 5.41) is 12.5. The molecule has 1 aromatic rings. The molecule has 2 rings (SSSR count). The number of aliphatic hydroxyl groups is 1. The molecule has 1 aromatic carbocycles. The van der Waals surface area contributed by atoms with Gasteiger partial charge in [-0.3, -0.25) is 4.79 Å². The van der Waals surface area contributed by atoms with Crippen LogP contribution in [0.3, 0.4) is 0 Å². The Labute approximate surface area is 93.1 Å². The van der Waals surface area contributed by atoms with Gasteiger partial charge in [-0.2, -0.15) is 0 Å². The van der Waals surface area contributed by atoms with Crippen molar-refractivity contribution in [2.45, 2.75) is 18.6 Å². The van der Waals surface area contributed by atoms with E-state index in [9.17, 15) is 9.90 Å². The van der Waals surface area contributed by atoms with Gasteiger partial charge in [-0.05, 0) is 11.1 Å². The number of halogens is 1. The lowest BCUT2D eigenvalue weighted by atomic mass is 10.1. The van der Waals surface area contributed by atoms with E-state index in [1.807, 2.05) is 24.3 Å². The Morgan fingerprint density at radius 2 is 2.27 bits per heavy atom. The van der Waals surface area contributed by atoms with Crippen LogP contribution in [0.5, 0.6) is 0 Å². The quantitative estimate of drug-likeness (QED) is 0.738. The van der Waals surface area contributed by atoms with E-state index in [4.69, 9.17) is 11.6 Å². The molecule has 0 saturated carbocycles. The minimum absolute atomic E-state index is 0.0780. The number of hydrogen-bond acceptors (Lipinski definition) is 2. The van der Waals surface area contributed by atoms with Crippen molar-refractivity contribution in [1.82, 2.24) is 5.32 Å². The lowest BCUT2D eigenvalue weighted by Gasteiger charge is -2.16. The third-order valence-electron chi connectivity index (χ3n) is 2.64. The maximum Gasteiger partial charge on any atom is 0.235 e. The van der Waals surface area contributed by atoms with Gasteiger partial charge >= 0.3 is 0 Å². The molecule has 0 aromatic heterocycles. The van der Waals surface area contributed by atoms with Crippen molar-refractivity contribution in [3.63, 3.8) is 0 Å². The van der Waals surface area contributed by atoms with Crippen molar-refractivity contribution in [3.8, 4) is 0 Å². The highest BCUT2D eigenvalue weighted by molar-refractivity contribution is 6.27. The van der Waals surface area contributed by atoms with Crippen molar-refractivity contribution in [3.05, 3.63) is 35.4 Å². The molecule has 4 heteroatoms. The highest BCUT2D eigenvalue weighted by Crippen LogP contribution is 2.30. The number of aliphatic hydroxyl groups excluding tert-OH is 1. The van der Waals surface area contributed by atoms with Gasteiger partial charge in [0.25, 0.3) is 0 Å². The van der Waals surface area contributed by atoms with E-state index >= 15 is 0 Å². The third kappa shape index (κ3) is 1.98. The fraction of sp³-hybridized carbons (Fsp3) is 0.364. The minimum atomic E-state index is -0.547. The van der Waals surface area contributed by atoms with Gasteiger partial charge in [0.05, 0.1) is 12.1 Å². The van der Waals surface area contributed by atoms with Gasteiger partial charge in [0.1, 0.15) is 5.88 Å². The third-order valence-corrected chi connectivity index (χ3v) is 2.88. The number of benzene rings is 1. The number of fused-ring (bicyclic) bond motifs is 1. The van der Waals surface area contributed by atoms with Gasteiger partial charge in [-0.25, -0.2) is 0 Å². The first kappa shape index (κ1) is 10.5. The number of hydrogen-bond donors (Lipinski definition) is 2. The molecule has 3 nitrogen and oxygen atoms in total. The van der Waals surface area contributed by atoms with Gasteiger partial charge < -0.3 is 10.4 Å². The summed E-state index contributed by atoms with van der Waals surface area (Å²) in [7, 11) is 0. The van der Waals surface area contributed by atoms with Gasteiger partial charge in [0.15, 0.2) is 0 Å². The van der Waals surface area contributed by atoms with E-state index in [1.54, 1.807) is 0 Å². The van der Waals surface area contributed by atoms with Crippen molar-refractivity contribution in [1.29, 1.82) is 0 Å². The Morgan fingerprint density at radius 1 is 1.53 bits per heavy atom. The highest BCUT2D eigenvalue weighted by atomic mass is 35.5. The summed E-state index contributed by atoms with van der Waals surface area (Å²) in [6, 6.07) is 7.40. The molecule has 2 unspecified atom stereocenters. The number of carbonyl (C=O) groups excluding carboxylic acids is 1. The zero-order valence-corrected chi connectivity index (χ0v) is 8.87. The molecule has 0 radical (unpaired) electrons. The number of amides is 1. The highest BCUT2D eigenvalue weighted by Gasteiger charge is 2.31. The molecule has 0 spiro atoms.